The van der Waals surface area contributed by atoms with Crippen molar-refractivity contribution in [3.63, 3.8) is 0 Å². The fourth-order valence-corrected chi connectivity index (χ4v) is 3.46. The smallest absolute Gasteiger partial charge is 0.407 e. The summed E-state index contributed by atoms with van der Waals surface area (Å²) in [6, 6.07) is 0. The molecule has 5 nitrogen and oxygen atoms in total. The number of aliphatic hydroxyl groups excluding tert-OH is 1. The standard InChI is InChI=1S/C9H12N2O3S2/c12-7-4-11(9(13)14)3-6(7)5-16-8-10-1-2-15-8/h1-2,6-7,12H,3-5H2,(H,13,14)/t6-,7+/m1/s1. The van der Waals surface area contributed by atoms with Gasteiger partial charge in [0.1, 0.15) is 4.34 Å². The van der Waals surface area contributed by atoms with Gasteiger partial charge >= 0.3 is 6.09 Å². The first-order valence-corrected chi connectivity index (χ1v) is 6.71. The molecule has 0 spiro atoms. The van der Waals surface area contributed by atoms with Gasteiger partial charge in [0, 0.05) is 29.8 Å². The molecule has 1 fully saturated rings. The minimum atomic E-state index is -0.958. The summed E-state index contributed by atoms with van der Waals surface area (Å²) in [5.41, 5.74) is 0. The van der Waals surface area contributed by atoms with E-state index in [1.165, 1.54) is 4.90 Å². The number of hydrogen-bond donors (Lipinski definition) is 2. The number of likely N-dealkylation sites (tertiary alicyclic amines) is 1. The summed E-state index contributed by atoms with van der Waals surface area (Å²) in [6.45, 7) is 0.632. The van der Waals surface area contributed by atoms with Crippen LogP contribution < -0.4 is 0 Å². The van der Waals surface area contributed by atoms with E-state index in [9.17, 15) is 9.90 Å². The molecule has 2 heterocycles. The van der Waals surface area contributed by atoms with Crippen molar-refractivity contribution in [1.29, 1.82) is 0 Å². The quantitative estimate of drug-likeness (QED) is 0.799. The number of thioether (sulfide) groups is 1. The molecule has 2 atom stereocenters. The Morgan fingerprint density at radius 1 is 1.69 bits per heavy atom. The van der Waals surface area contributed by atoms with Crippen LogP contribution in [0.5, 0.6) is 0 Å². The summed E-state index contributed by atoms with van der Waals surface area (Å²) in [6.07, 6.45) is 0.228. The molecule has 1 aliphatic heterocycles. The van der Waals surface area contributed by atoms with Crippen molar-refractivity contribution < 1.29 is 15.0 Å². The number of carboxylic acid groups (broad SMARTS) is 1. The van der Waals surface area contributed by atoms with Crippen molar-refractivity contribution in [2.24, 2.45) is 5.92 Å². The molecule has 1 aromatic heterocycles. The minimum absolute atomic E-state index is 0.00463. The van der Waals surface area contributed by atoms with Crippen LogP contribution in [-0.4, -0.2) is 51.1 Å². The lowest BCUT2D eigenvalue weighted by molar-refractivity contribution is 0.135. The third-order valence-corrected chi connectivity index (χ3v) is 4.66. The lowest BCUT2D eigenvalue weighted by Crippen LogP contribution is -2.27. The fraction of sp³-hybridized carbons (Fsp3) is 0.556. The first kappa shape index (κ1) is 11.7. The molecule has 0 aliphatic carbocycles. The van der Waals surface area contributed by atoms with E-state index in [4.69, 9.17) is 5.11 Å². The number of thiazole rings is 1. The zero-order valence-electron chi connectivity index (χ0n) is 8.44. The number of rotatable bonds is 3. The lowest BCUT2D eigenvalue weighted by atomic mass is 10.1. The Hall–Kier alpha value is -0.790. The van der Waals surface area contributed by atoms with Crippen LogP contribution in [0.2, 0.25) is 0 Å². The number of β-amino-alcohol motifs (C(OH)–C–C–N with tert-alkyl or cyclic N) is 1. The van der Waals surface area contributed by atoms with E-state index in [1.807, 2.05) is 5.38 Å². The predicted octanol–water partition coefficient (Wildman–Crippen LogP) is 1.21. The van der Waals surface area contributed by atoms with Crippen molar-refractivity contribution in [3.05, 3.63) is 11.6 Å². The third kappa shape index (κ3) is 2.66. The molecule has 1 amide bonds. The number of nitrogens with zero attached hydrogens (tertiary/aromatic N) is 2. The van der Waals surface area contributed by atoms with Gasteiger partial charge in [0.15, 0.2) is 0 Å². The highest BCUT2D eigenvalue weighted by molar-refractivity contribution is 8.01. The molecule has 16 heavy (non-hydrogen) atoms. The zero-order valence-corrected chi connectivity index (χ0v) is 10.1. The van der Waals surface area contributed by atoms with Crippen LogP contribution >= 0.6 is 23.1 Å². The molecule has 1 aliphatic rings. The molecule has 0 aromatic carbocycles. The average Bonchev–Trinajstić information content (AvgIpc) is 2.84. The summed E-state index contributed by atoms with van der Waals surface area (Å²) in [4.78, 5) is 16.1. The van der Waals surface area contributed by atoms with Gasteiger partial charge in [0.2, 0.25) is 0 Å². The monoisotopic (exact) mass is 260 g/mol. The Balaban J connectivity index is 1.84. The van der Waals surface area contributed by atoms with Crippen molar-refractivity contribution in [2.45, 2.75) is 10.4 Å². The van der Waals surface area contributed by atoms with Crippen LogP contribution in [0.4, 0.5) is 4.79 Å². The van der Waals surface area contributed by atoms with E-state index in [2.05, 4.69) is 4.98 Å². The highest BCUT2D eigenvalue weighted by Gasteiger charge is 2.33. The van der Waals surface area contributed by atoms with Gasteiger partial charge in [-0.2, -0.15) is 0 Å². The van der Waals surface area contributed by atoms with E-state index in [1.54, 1.807) is 29.3 Å². The summed E-state index contributed by atoms with van der Waals surface area (Å²) in [5.74, 6) is 0.711. The Labute approximate surface area is 101 Å². The van der Waals surface area contributed by atoms with Crippen molar-refractivity contribution in [3.8, 4) is 0 Å². The summed E-state index contributed by atoms with van der Waals surface area (Å²) in [7, 11) is 0. The van der Waals surface area contributed by atoms with E-state index < -0.39 is 12.2 Å². The van der Waals surface area contributed by atoms with Gasteiger partial charge in [-0.3, -0.25) is 0 Å². The SMILES string of the molecule is O=C(O)N1C[C@H](CSc2nccs2)[C@@H](O)C1. The van der Waals surface area contributed by atoms with Crippen LogP contribution in [0.15, 0.2) is 15.9 Å². The van der Waals surface area contributed by atoms with Crippen LogP contribution in [0.1, 0.15) is 0 Å². The normalized spacial score (nSPS) is 24.9. The molecule has 2 rings (SSSR count). The number of hydrogen-bond acceptors (Lipinski definition) is 5. The third-order valence-electron chi connectivity index (χ3n) is 2.51. The maximum absolute atomic E-state index is 10.7. The molecule has 2 N–H and O–H groups in total. The van der Waals surface area contributed by atoms with Gasteiger partial charge in [-0.05, 0) is 0 Å². The number of amides is 1. The van der Waals surface area contributed by atoms with Gasteiger partial charge in [0.05, 0.1) is 12.6 Å². The first-order chi connectivity index (χ1) is 7.66. The number of carbonyl (C=O) groups is 1. The summed E-state index contributed by atoms with van der Waals surface area (Å²) < 4.78 is 0.959. The maximum Gasteiger partial charge on any atom is 0.407 e. The van der Waals surface area contributed by atoms with Gasteiger partial charge in [-0.1, -0.05) is 11.8 Å². The van der Waals surface area contributed by atoms with E-state index in [0.29, 0.717) is 12.3 Å². The Morgan fingerprint density at radius 3 is 3.06 bits per heavy atom. The molecule has 1 aromatic rings. The van der Waals surface area contributed by atoms with E-state index in [0.717, 1.165) is 4.34 Å². The van der Waals surface area contributed by atoms with Gasteiger partial charge < -0.3 is 15.1 Å². The number of aliphatic hydroxyl groups is 1. The van der Waals surface area contributed by atoms with Crippen LogP contribution in [0, 0.1) is 5.92 Å². The molecule has 0 unspecified atom stereocenters. The van der Waals surface area contributed by atoms with Crippen molar-refractivity contribution in [1.82, 2.24) is 9.88 Å². The molecule has 0 saturated carbocycles. The molecule has 1 saturated heterocycles. The first-order valence-electron chi connectivity index (χ1n) is 4.85. The molecular weight excluding hydrogens is 248 g/mol. The van der Waals surface area contributed by atoms with Gasteiger partial charge in [0.25, 0.3) is 0 Å². The maximum atomic E-state index is 10.7. The average molecular weight is 260 g/mol. The highest BCUT2D eigenvalue weighted by Crippen LogP contribution is 2.27. The summed E-state index contributed by atoms with van der Waals surface area (Å²) >= 11 is 3.12. The van der Waals surface area contributed by atoms with Gasteiger partial charge in [-0.25, -0.2) is 9.78 Å². The molecule has 88 valence electrons. The van der Waals surface area contributed by atoms with E-state index >= 15 is 0 Å². The molecular formula is C9H12N2O3S2. The lowest BCUT2D eigenvalue weighted by Gasteiger charge is -2.11. The van der Waals surface area contributed by atoms with Crippen molar-refractivity contribution in [2.75, 3.05) is 18.8 Å². The van der Waals surface area contributed by atoms with Crippen LogP contribution in [-0.2, 0) is 0 Å². The molecule has 7 heteroatoms. The predicted molar refractivity (Wildman–Crippen MR) is 61.9 cm³/mol. The van der Waals surface area contributed by atoms with E-state index in [-0.39, 0.29) is 12.5 Å². The minimum Gasteiger partial charge on any atom is -0.465 e. The highest BCUT2D eigenvalue weighted by atomic mass is 32.2. The zero-order chi connectivity index (χ0) is 11.5. The molecule has 0 bridgehead atoms. The summed E-state index contributed by atoms with van der Waals surface area (Å²) in [5, 5.41) is 20.4. The topological polar surface area (TPSA) is 73.7 Å². The second kappa shape index (κ2) is 5.03. The Bertz CT molecular complexity index is 358. The second-order valence-electron chi connectivity index (χ2n) is 3.62. The second-order valence-corrected chi connectivity index (χ2v) is 5.79. The Morgan fingerprint density at radius 2 is 2.50 bits per heavy atom. The van der Waals surface area contributed by atoms with Gasteiger partial charge in [-0.15, -0.1) is 11.3 Å². The Kier molecular flexibility index (Phi) is 3.67. The number of aromatic nitrogens is 1. The van der Waals surface area contributed by atoms with Crippen LogP contribution in [0.3, 0.4) is 0 Å². The van der Waals surface area contributed by atoms with Crippen molar-refractivity contribution >= 4 is 29.2 Å². The fourth-order valence-electron chi connectivity index (χ4n) is 1.63. The largest absolute Gasteiger partial charge is 0.465 e. The molecule has 0 radical (unpaired) electrons. The van der Waals surface area contributed by atoms with Crippen LogP contribution in [0.25, 0.3) is 0 Å².